The van der Waals surface area contributed by atoms with Gasteiger partial charge in [0, 0.05) is 23.9 Å². The van der Waals surface area contributed by atoms with Crippen molar-refractivity contribution in [2.45, 2.75) is 26.2 Å². The largest absolute Gasteiger partial charge is 0.321 e. The Bertz CT molecular complexity index is 1260. The average molecular weight is 447 g/mol. The van der Waals surface area contributed by atoms with Crippen LogP contribution in [0.5, 0.6) is 0 Å². The first kappa shape index (κ1) is 21.8. The summed E-state index contributed by atoms with van der Waals surface area (Å²) < 4.78 is 28.1. The van der Waals surface area contributed by atoms with Crippen molar-refractivity contribution in [2.24, 2.45) is 0 Å². The van der Waals surface area contributed by atoms with Gasteiger partial charge < -0.3 is 5.32 Å². The fraction of sp³-hybridized carbons (Fsp3) is 0.192. The lowest BCUT2D eigenvalue weighted by Crippen LogP contribution is -2.37. The third kappa shape index (κ3) is 4.06. The van der Waals surface area contributed by atoms with Gasteiger partial charge in [0.2, 0.25) is 0 Å². The van der Waals surface area contributed by atoms with Crippen LogP contribution in [0.3, 0.4) is 0 Å². The number of nitrogens with zero attached hydrogens (tertiary/aromatic N) is 1. The standard InChI is InChI=1S/C26H26N2O3S/c1-3-4-10-19-15-17-21(18-16-19)27-26(29)25-24(20-11-6-5-7-12-20)22-13-8-9-14-23(22)28(2)32(25,30)31/h5-9,11-18H,3-4,10H2,1-2H3,(H,27,29). The van der Waals surface area contributed by atoms with Crippen LogP contribution >= 0.6 is 0 Å². The molecule has 3 aromatic carbocycles. The molecular weight excluding hydrogens is 420 g/mol. The molecule has 164 valence electrons. The van der Waals surface area contributed by atoms with E-state index < -0.39 is 15.9 Å². The summed E-state index contributed by atoms with van der Waals surface area (Å²) in [5.74, 6) is -0.647. The SMILES string of the molecule is CCCCc1ccc(NC(=O)C2=C(c3ccccc3)c3ccccc3N(C)S2(=O)=O)cc1. The first-order valence-corrected chi connectivity index (χ1v) is 12.2. The van der Waals surface area contributed by atoms with Crippen LogP contribution in [0.1, 0.15) is 36.5 Å². The fourth-order valence-corrected chi connectivity index (χ4v) is 5.39. The number of sulfonamides is 1. The highest BCUT2D eigenvalue weighted by Crippen LogP contribution is 2.42. The number of fused-ring (bicyclic) bond motifs is 1. The maximum atomic E-state index is 13.5. The van der Waals surface area contributed by atoms with E-state index in [1.54, 1.807) is 12.1 Å². The molecule has 1 aliphatic heterocycles. The van der Waals surface area contributed by atoms with Crippen molar-refractivity contribution in [3.63, 3.8) is 0 Å². The third-order valence-electron chi connectivity index (χ3n) is 5.66. The van der Waals surface area contributed by atoms with Crippen molar-refractivity contribution in [1.29, 1.82) is 0 Å². The summed E-state index contributed by atoms with van der Waals surface area (Å²) in [5.41, 5.74) is 4.09. The number of amides is 1. The summed E-state index contributed by atoms with van der Waals surface area (Å²) in [6.07, 6.45) is 3.19. The summed E-state index contributed by atoms with van der Waals surface area (Å²) in [4.78, 5) is 13.2. The van der Waals surface area contributed by atoms with Crippen LogP contribution in [0.2, 0.25) is 0 Å². The molecule has 0 atom stereocenters. The minimum Gasteiger partial charge on any atom is -0.321 e. The summed E-state index contributed by atoms with van der Waals surface area (Å²) in [7, 11) is -2.57. The van der Waals surface area contributed by atoms with Crippen LogP contribution in [-0.2, 0) is 21.2 Å². The first-order chi connectivity index (χ1) is 15.4. The number of benzene rings is 3. The maximum absolute atomic E-state index is 13.5. The molecule has 0 aromatic heterocycles. The van der Waals surface area contributed by atoms with Crippen LogP contribution in [0, 0.1) is 0 Å². The number of hydrogen-bond donors (Lipinski definition) is 1. The number of carbonyl (C=O) groups is 1. The zero-order chi connectivity index (χ0) is 22.7. The summed E-state index contributed by atoms with van der Waals surface area (Å²) in [6.45, 7) is 2.15. The van der Waals surface area contributed by atoms with Gasteiger partial charge in [0.25, 0.3) is 15.9 Å². The summed E-state index contributed by atoms with van der Waals surface area (Å²) in [5, 5.41) is 2.80. The van der Waals surface area contributed by atoms with Gasteiger partial charge in [0.05, 0.1) is 5.69 Å². The molecule has 0 unspecified atom stereocenters. The second-order valence-corrected chi connectivity index (χ2v) is 9.72. The van der Waals surface area contributed by atoms with E-state index in [-0.39, 0.29) is 4.91 Å². The molecular formula is C26H26N2O3S. The Labute approximate surface area is 189 Å². The minimum absolute atomic E-state index is 0.250. The topological polar surface area (TPSA) is 66.5 Å². The van der Waals surface area contributed by atoms with Crippen LogP contribution < -0.4 is 9.62 Å². The fourth-order valence-electron chi connectivity index (χ4n) is 3.92. The van der Waals surface area contributed by atoms with Gasteiger partial charge in [0.1, 0.15) is 0 Å². The van der Waals surface area contributed by atoms with E-state index in [0.717, 1.165) is 19.3 Å². The summed E-state index contributed by atoms with van der Waals surface area (Å²) >= 11 is 0. The number of carbonyl (C=O) groups excluding carboxylic acids is 1. The van der Waals surface area contributed by atoms with Gasteiger partial charge >= 0.3 is 0 Å². The molecule has 5 nitrogen and oxygen atoms in total. The molecule has 0 saturated carbocycles. The zero-order valence-corrected chi connectivity index (χ0v) is 19.0. The lowest BCUT2D eigenvalue weighted by atomic mass is 9.95. The molecule has 6 heteroatoms. The van der Waals surface area contributed by atoms with Crippen molar-refractivity contribution in [3.05, 3.63) is 100 Å². The van der Waals surface area contributed by atoms with Gasteiger partial charge in [-0.15, -0.1) is 0 Å². The Morgan fingerprint density at radius 3 is 2.25 bits per heavy atom. The van der Waals surface area contributed by atoms with Crippen molar-refractivity contribution < 1.29 is 13.2 Å². The number of anilines is 2. The van der Waals surface area contributed by atoms with E-state index in [9.17, 15) is 13.2 Å². The highest BCUT2D eigenvalue weighted by atomic mass is 32.2. The molecule has 4 rings (SSSR count). The third-order valence-corrected chi connectivity index (χ3v) is 7.48. The highest BCUT2D eigenvalue weighted by molar-refractivity contribution is 7.97. The second kappa shape index (κ2) is 9.01. The Balaban J connectivity index is 1.81. The van der Waals surface area contributed by atoms with Gasteiger partial charge in [-0.3, -0.25) is 9.10 Å². The zero-order valence-electron chi connectivity index (χ0n) is 18.2. The molecule has 0 saturated heterocycles. The number of para-hydroxylation sites is 1. The van der Waals surface area contributed by atoms with E-state index in [4.69, 9.17) is 0 Å². The van der Waals surface area contributed by atoms with E-state index in [2.05, 4.69) is 12.2 Å². The quantitative estimate of drug-likeness (QED) is 0.565. The van der Waals surface area contributed by atoms with Crippen molar-refractivity contribution in [2.75, 3.05) is 16.7 Å². The van der Waals surface area contributed by atoms with E-state index in [1.807, 2.05) is 66.7 Å². The lowest BCUT2D eigenvalue weighted by molar-refractivity contribution is -0.112. The Morgan fingerprint density at radius 1 is 0.906 bits per heavy atom. The van der Waals surface area contributed by atoms with Gasteiger partial charge in [-0.1, -0.05) is 74.0 Å². The van der Waals surface area contributed by atoms with Gasteiger partial charge in [-0.2, -0.15) is 0 Å². The smallest absolute Gasteiger partial charge is 0.270 e. The Hall–Kier alpha value is -3.38. The molecule has 0 fully saturated rings. The number of unbranched alkanes of at least 4 members (excludes halogenated alkanes) is 1. The van der Waals surface area contributed by atoms with E-state index in [0.29, 0.717) is 28.1 Å². The molecule has 1 amide bonds. The molecule has 0 aliphatic carbocycles. The Morgan fingerprint density at radius 2 is 1.56 bits per heavy atom. The van der Waals surface area contributed by atoms with Crippen molar-refractivity contribution in [1.82, 2.24) is 0 Å². The summed E-state index contributed by atoms with van der Waals surface area (Å²) in [6, 6.07) is 24.0. The van der Waals surface area contributed by atoms with Crippen molar-refractivity contribution in [3.8, 4) is 0 Å². The number of rotatable bonds is 6. The molecule has 0 radical (unpaired) electrons. The Kier molecular flexibility index (Phi) is 6.15. The predicted octanol–water partition coefficient (Wildman–Crippen LogP) is 5.21. The van der Waals surface area contributed by atoms with E-state index >= 15 is 0 Å². The number of aryl methyl sites for hydroxylation is 1. The number of nitrogens with one attached hydrogen (secondary N) is 1. The van der Waals surface area contributed by atoms with Crippen LogP contribution in [0.15, 0.2) is 83.8 Å². The molecule has 1 aliphatic rings. The second-order valence-electron chi connectivity index (χ2n) is 7.81. The average Bonchev–Trinajstić information content (AvgIpc) is 2.81. The molecule has 1 heterocycles. The maximum Gasteiger partial charge on any atom is 0.270 e. The first-order valence-electron chi connectivity index (χ1n) is 10.7. The molecule has 32 heavy (non-hydrogen) atoms. The molecule has 3 aromatic rings. The predicted molar refractivity (Wildman–Crippen MR) is 130 cm³/mol. The minimum atomic E-state index is -4.05. The molecule has 1 N–H and O–H groups in total. The van der Waals surface area contributed by atoms with E-state index in [1.165, 1.54) is 16.9 Å². The van der Waals surface area contributed by atoms with Gasteiger partial charge in [0.15, 0.2) is 4.91 Å². The number of hydrogen-bond acceptors (Lipinski definition) is 3. The van der Waals surface area contributed by atoms with Crippen LogP contribution in [-0.4, -0.2) is 21.4 Å². The van der Waals surface area contributed by atoms with Gasteiger partial charge in [-0.05, 0) is 42.2 Å². The van der Waals surface area contributed by atoms with Gasteiger partial charge in [-0.25, -0.2) is 8.42 Å². The molecule has 0 spiro atoms. The normalized spacial score (nSPS) is 14.8. The monoisotopic (exact) mass is 446 g/mol. The lowest BCUT2D eigenvalue weighted by Gasteiger charge is -2.30. The van der Waals surface area contributed by atoms with Crippen LogP contribution in [0.4, 0.5) is 11.4 Å². The van der Waals surface area contributed by atoms with Crippen LogP contribution in [0.25, 0.3) is 5.57 Å². The van der Waals surface area contributed by atoms with Crippen molar-refractivity contribution >= 4 is 32.9 Å². The highest BCUT2D eigenvalue weighted by Gasteiger charge is 2.39. The molecule has 0 bridgehead atoms.